The van der Waals surface area contributed by atoms with Crippen molar-refractivity contribution in [1.82, 2.24) is 10.2 Å². The van der Waals surface area contributed by atoms with Crippen molar-refractivity contribution in [3.8, 4) is 5.75 Å². The zero-order chi connectivity index (χ0) is 14.9. The Morgan fingerprint density at radius 3 is 2.67 bits per heavy atom. The molecule has 0 amide bonds. The van der Waals surface area contributed by atoms with E-state index in [1.54, 1.807) is 0 Å². The normalized spacial score (nSPS) is 14.1. The summed E-state index contributed by atoms with van der Waals surface area (Å²) in [7, 11) is 0. The lowest BCUT2D eigenvalue weighted by molar-refractivity contribution is 0.236. The Labute approximate surface area is 128 Å². The highest BCUT2D eigenvalue weighted by Gasteiger charge is 2.19. The van der Waals surface area contributed by atoms with Crippen molar-refractivity contribution in [3.05, 3.63) is 55.1 Å². The minimum atomic E-state index is 0.682. The van der Waals surface area contributed by atoms with Crippen molar-refractivity contribution >= 4 is 0 Å². The molecule has 2 rings (SSSR count). The molecule has 1 N–H and O–H groups in total. The number of nitrogens with zero attached hydrogens (tertiary/aromatic N) is 1. The molecule has 0 spiro atoms. The topological polar surface area (TPSA) is 24.5 Å². The van der Waals surface area contributed by atoms with Crippen LogP contribution < -0.4 is 10.1 Å². The van der Waals surface area contributed by atoms with Crippen LogP contribution in [0.5, 0.6) is 5.75 Å². The van der Waals surface area contributed by atoms with E-state index in [2.05, 4.69) is 41.6 Å². The van der Waals surface area contributed by atoms with Crippen LogP contribution in [0, 0.1) is 0 Å². The van der Waals surface area contributed by atoms with Crippen LogP contribution in [0.25, 0.3) is 0 Å². The third kappa shape index (κ3) is 6.15. The fraction of sp³-hybridized carbons (Fsp3) is 0.444. The fourth-order valence-corrected chi connectivity index (χ4v) is 2.21. The molecule has 0 radical (unpaired) electrons. The van der Waals surface area contributed by atoms with Gasteiger partial charge in [0.05, 0.1) is 0 Å². The van der Waals surface area contributed by atoms with Crippen molar-refractivity contribution < 1.29 is 4.74 Å². The van der Waals surface area contributed by atoms with Gasteiger partial charge in [0.25, 0.3) is 0 Å². The summed E-state index contributed by atoms with van der Waals surface area (Å²) in [5.41, 5.74) is 1.29. The highest BCUT2D eigenvalue weighted by atomic mass is 16.5. The van der Waals surface area contributed by atoms with Gasteiger partial charge in [-0.25, -0.2) is 0 Å². The molecule has 0 aliphatic heterocycles. The third-order valence-corrected chi connectivity index (χ3v) is 3.52. The largest absolute Gasteiger partial charge is 0.492 e. The Morgan fingerprint density at radius 1 is 1.24 bits per heavy atom. The number of nitrogens with one attached hydrogen (secondary N) is 1. The van der Waals surface area contributed by atoms with Gasteiger partial charge in [0.1, 0.15) is 12.4 Å². The summed E-state index contributed by atoms with van der Waals surface area (Å²) in [5, 5.41) is 3.52. The van der Waals surface area contributed by atoms with E-state index >= 15 is 0 Å². The first-order chi connectivity index (χ1) is 10.3. The summed E-state index contributed by atoms with van der Waals surface area (Å²) in [5.74, 6) is 0.947. The monoisotopic (exact) mass is 286 g/mol. The van der Waals surface area contributed by atoms with Crippen LogP contribution in [0.2, 0.25) is 0 Å². The van der Waals surface area contributed by atoms with Gasteiger partial charge in [-0.05, 0) is 30.5 Å². The molecule has 0 atom stereocenters. The fourth-order valence-electron chi connectivity index (χ4n) is 2.21. The van der Waals surface area contributed by atoms with Gasteiger partial charge in [0, 0.05) is 32.2 Å². The predicted octanol–water partition coefficient (Wildman–Crippen LogP) is 2.99. The molecule has 1 aliphatic rings. The summed E-state index contributed by atoms with van der Waals surface area (Å²) in [6.45, 7) is 11.8. The number of hydrogen-bond acceptors (Lipinski definition) is 3. The Balaban J connectivity index is 1.74. The molecule has 0 unspecified atom stereocenters. The average Bonchev–Trinajstić information content (AvgIpc) is 3.30. The Morgan fingerprint density at radius 2 is 2.00 bits per heavy atom. The highest BCUT2D eigenvalue weighted by Crippen LogP contribution is 2.20. The van der Waals surface area contributed by atoms with Crippen LogP contribution in [0.4, 0.5) is 0 Å². The Kier molecular flexibility index (Phi) is 6.51. The van der Waals surface area contributed by atoms with E-state index < -0.39 is 0 Å². The summed E-state index contributed by atoms with van der Waals surface area (Å²) >= 11 is 0. The second kappa shape index (κ2) is 8.65. The molecule has 0 bridgehead atoms. The van der Waals surface area contributed by atoms with Gasteiger partial charge < -0.3 is 10.1 Å². The first-order valence-corrected chi connectivity index (χ1v) is 7.71. The number of ether oxygens (including phenoxy) is 1. The highest BCUT2D eigenvalue weighted by molar-refractivity contribution is 5.28. The molecule has 1 saturated carbocycles. The molecule has 1 aliphatic carbocycles. The maximum atomic E-state index is 5.85. The summed E-state index contributed by atoms with van der Waals surface area (Å²) in [4.78, 5) is 2.25. The zero-order valence-electron chi connectivity index (χ0n) is 12.8. The van der Waals surface area contributed by atoms with Crippen LogP contribution in [-0.4, -0.2) is 37.2 Å². The lowest BCUT2D eigenvalue weighted by Crippen LogP contribution is -2.28. The first-order valence-electron chi connectivity index (χ1n) is 7.71. The predicted molar refractivity (Wildman–Crippen MR) is 88.6 cm³/mol. The molecule has 0 saturated heterocycles. The van der Waals surface area contributed by atoms with Crippen molar-refractivity contribution in [1.29, 1.82) is 0 Å². The third-order valence-electron chi connectivity index (χ3n) is 3.52. The van der Waals surface area contributed by atoms with Gasteiger partial charge in [-0.3, -0.25) is 4.90 Å². The second-order valence-electron chi connectivity index (χ2n) is 5.49. The van der Waals surface area contributed by atoms with Crippen LogP contribution in [0.1, 0.15) is 18.4 Å². The Bertz CT molecular complexity index is 444. The smallest absolute Gasteiger partial charge is 0.119 e. The van der Waals surface area contributed by atoms with Gasteiger partial charge in [-0.2, -0.15) is 0 Å². The van der Waals surface area contributed by atoms with Gasteiger partial charge in [0.15, 0.2) is 0 Å². The zero-order valence-corrected chi connectivity index (χ0v) is 12.8. The molecule has 3 nitrogen and oxygen atoms in total. The molecule has 1 aromatic rings. The van der Waals surface area contributed by atoms with Crippen LogP contribution in [0.3, 0.4) is 0 Å². The van der Waals surface area contributed by atoms with Crippen molar-refractivity contribution in [3.63, 3.8) is 0 Å². The van der Waals surface area contributed by atoms with Crippen LogP contribution in [0.15, 0.2) is 49.6 Å². The van der Waals surface area contributed by atoms with Crippen LogP contribution >= 0.6 is 0 Å². The van der Waals surface area contributed by atoms with Crippen LogP contribution in [-0.2, 0) is 6.54 Å². The number of hydrogen-bond donors (Lipinski definition) is 1. The minimum Gasteiger partial charge on any atom is -0.492 e. The quantitative estimate of drug-likeness (QED) is 0.633. The molecule has 1 aromatic carbocycles. The lowest BCUT2D eigenvalue weighted by atomic mass is 10.2. The van der Waals surface area contributed by atoms with E-state index in [1.807, 2.05) is 18.2 Å². The summed E-state index contributed by atoms with van der Waals surface area (Å²) < 4.78 is 5.85. The van der Waals surface area contributed by atoms with E-state index in [9.17, 15) is 0 Å². The lowest BCUT2D eigenvalue weighted by Gasteiger charge is -2.18. The molecule has 0 heterocycles. The standard InChI is InChI=1S/C18H26N2O/c1-3-10-20(11-4-2)12-13-21-18-7-5-6-16(14-18)15-19-17-8-9-17/h3-7,14,17,19H,1-2,8-13,15H2. The summed E-state index contributed by atoms with van der Waals surface area (Å²) in [6.07, 6.45) is 6.46. The molecule has 21 heavy (non-hydrogen) atoms. The van der Waals surface area contributed by atoms with Crippen molar-refractivity contribution in [2.75, 3.05) is 26.2 Å². The van der Waals surface area contributed by atoms with E-state index in [1.165, 1.54) is 18.4 Å². The van der Waals surface area contributed by atoms with Crippen molar-refractivity contribution in [2.45, 2.75) is 25.4 Å². The van der Waals surface area contributed by atoms with E-state index in [4.69, 9.17) is 4.74 Å². The SMILES string of the molecule is C=CCN(CC=C)CCOc1cccc(CNC2CC2)c1. The minimum absolute atomic E-state index is 0.682. The van der Waals surface area contributed by atoms with Gasteiger partial charge in [0.2, 0.25) is 0 Å². The molecule has 1 fully saturated rings. The molecular formula is C18H26N2O. The van der Waals surface area contributed by atoms with E-state index in [0.29, 0.717) is 6.61 Å². The number of benzene rings is 1. The van der Waals surface area contributed by atoms with Gasteiger partial charge in [-0.1, -0.05) is 24.3 Å². The van der Waals surface area contributed by atoms with E-state index in [-0.39, 0.29) is 0 Å². The van der Waals surface area contributed by atoms with E-state index in [0.717, 1.165) is 38.0 Å². The van der Waals surface area contributed by atoms with Gasteiger partial charge in [-0.15, -0.1) is 13.2 Å². The average molecular weight is 286 g/mol. The van der Waals surface area contributed by atoms with Crippen molar-refractivity contribution in [2.24, 2.45) is 0 Å². The van der Waals surface area contributed by atoms with Gasteiger partial charge >= 0.3 is 0 Å². The Hall–Kier alpha value is -1.58. The molecule has 3 heteroatoms. The number of rotatable bonds is 11. The molecule has 114 valence electrons. The molecule has 0 aromatic heterocycles. The maximum Gasteiger partial charge on any atom is 0.119 e. The summed E-state index contributed by atoms with van der Waals surface area (Å²) in [6, 6.07) is 9.09. The molecular weight excluding hydrogens is 260 g/mol. The maximum absolute atomic E-state index is 5.85. The second-order valence-corrected chi connectivity index (χ2v) is 5.49. The first kappa shape index (κ1) is 15.8.